The van der Waals surface area contributed by atoms with E-state index in [2.05, 4.69) is 143 Å². The third kappa shape index (κ3) is 4.89. The SMILES string of the molecule is c1ccc(-c2nc(-c3ccc(-c4cccnc4)cc3)cc(-c3cccc(-c4ccc5oc6c7ccccc7c7nc8ccccc8n7c6c5c4)c3)n2)cc1. The minimum atomic E-state index is 0.680. The van der Waals surface area contributed by atoms with E-state index in [0.29, 0.717) is 5.82 Å². The average molecular weight is 692 g/mol. The van der Waals surface area contributed by atoms with Gasteiger partial charge >= 0.3 is 0 Å². The van der Waals surface area contributed by atoms with Crippen molar-refractivity contribution in [1.82, 2.24) is 24.3 Å². The molecule has 0 saturated heterocycles. The maximum Gasteiger partial charge on any atom is 0.160 e. The van der Waals surface area contributed by atoms with E-state index in [-0.39, 0.29) is 0 Å². The van der Waals surface area contributed by atoms with Gasteiger partial charge in [-0.2, -0.15) is 0 Å². The molecule has 6 aromatic carbocycles. The Morgan fingerprint density at radius 2 is 1.13 bits per heavy atom. The lowest BCUT2D eigenvalue weighted by atomic mass is 9.99. The molecular formula is C48H29N5O. The van der Waals surface area contributed by atoms with Gasteiger partial charge in [-0.25, -0.2) is 15.0 Å². The smallest absolute Gasteiger partial charge is 0.160 e. The molecule has 0 radical (unpaired) electrons. The van der Waals surface area contributed by atoms with Crippen LogP contribution in [0.25, 0.3) is 106 Å². The molecular weight excluding hydrogens is 663 g/mol. The van der Waals surface area contributed by atoms with Crippen LogP contribution in [0.5, 0.6) is 0 Å². The van der Waals surface area contributed by atoms with Crippen molar-refractivity contribution in [2.45, 2.75) is 0 Å². The Labute approximate surface area is 309 Å². The zero-order chi connectivity index (χ0) is 35.6. The van der Waals surface area contributed by atoms with Gasteiger partial charge in [-0.05, 0) is 64.7 Å². The second-order valence-electron chi connectivity index (χ2n) is 13.5. The maximum absolute atomic E-state index is 6.65. The van der Waals surface area contributed by atoms with E-state index in [1.165, 1.54) is 0 Å². The number of rotatable bonds is 5. The molecule has 54 heavy (non-hydrogen) atoms. The van der Waals surface area contributed by atoms with Gasteiger partial charge in [0.2, 0.25) is 0 Å². The topological polar surface area (TPSA) is 69.1 Å². The highest BCUT2D eigenvalue weighted by molar-refractivity contribution is 6.19. The van der Waals surface area contributed by atoms with Crippen molar-refractivity contribution < 1.29 is 4.42 Å². The highest BCUT2D eigenvalue weighted by Gasteiger charge is 2.20. The summed E-state index contributed by atoms with van der Waals surface area (Å²) in [5, 5.41) is 3.16. The first-order chi connectivity index (χ1) is 26.7. The molecule has 0 aliphatic heterocycles. The Morgan fingerprint density at radius 3 is 1.98 bits per heavy atom. The van der Waals surface area contributed by atoms with Gasteiger partial charge in [0.1, 0.15) is 16.7 Å². The van der Waals surface area contributed by atoms with Gasteiger partial charge < -0.3 is 4.42 Å². The lowest BCUT2D eigenvalue weighted by molar-refractivity contribution is 0.672. The zero-order valence-corrected chi connectivity index (χ0v) is 28.9. The predicted molar refractivity (Wildman–Crippen MR) is 218 cm³/mol. The normalized spacial score (nSPS) is 11.7. The van der Waals surface area contributed by atoms with Crippen molar-refractivity contribution >= 4 is 49.5 Å². The van der Waals surface area contributed by atoms with Gasteiger partial charge in [0.25, 0.3) is 0 Å². The van der Waals surface area contributed by atoms with Crippen LogP contribution in [0.3, 0.4) is 0 Å². The van der Waals surface area contributed by atoms with Crippen molar-refractivity contribution in [3.05, 3.63) is 176 Å². The molecule has 5 heterocycles. The Balaban J connectivity index is 1.06. The van der Waals surface area contributed by atoms with Crippen LogP contribution in [0.1, 0.15) is 0 Å². The lowest BCUT2D eigenvalue weighted by Gasteiger charge is -2.11. The highest BCUT2D eigenvalue weighted by atomic mass is 16.3. The van der Waals surface area contributed by atoms with Gasteiger partial charge in [0.05, 0.1) is 22.4 Å². The molecule has 0 aliphatic carbocycles. The van der Waals surface area contributed by atoms with Crippen molar-refractivity contribution in [2.75, 3.05) is 0 Å². The molecule has 0 N–H and O–H groups in total. The monoisotopic (exact) mass is 691 g/mol. The summed E-state index contributed by atoms with van der Waals surface area (Å²) in [5.74, 6) is 0.680. The Kier molecular flexibility index (Phi) is 6.75. The summed E-state index contributed by atoms with van der Waals surface area (Å²) in [5.41, 5.74) is 14.7. The van der Waals surface area contributed by atoms with Gasteiger partial charge in [-0.3, -0.25) is 9.38 Å². The molecule has 0 aliphatic rings. The van der Waals surface area contributed by atoms with Gasteiger partial charge in [-0.15, -0.1) is 0 Å². The number of fused-ring (bicyclic) bond motifs is 10. The summed E-state index contributed by atoms with van der Waals surface area (Å²) in [6.45, 7) is 0. The molecule has 0 unspecified atom stereocenters. The summed E-state index contributed by atoms with van der Waals surface area (Å²) in [6, 6.07) is 56.5. The minimum absolute atomic E-state index is 0.680. The number of para-hydroxylation sites is 2. The van der Waals surface area contributed by atoms with Crippen molar-refractivity contribution in [3.8, 4) is 56.2 Å². The molecule has 252 valence electrons. The maximum atomic E-state index is 6.65. The van der Waals surface area contributed by atoms with E-state index < -0.39 is 0 Å². The molecule has 11 aromatic rings. The molecule has 6 nitrogen and oxygen atoms in total. The van der Waals surface area contributed by atoms with Crippen molar-refractivity contribution in [2.24, 2.45) is 0 Å². The fourth-order valence-electron chi connectivity index (χ4n) is 7.66. The zero-order valence-electron chi connectivity index (χ0n) is 28.9. The van der Waals surface area contributed by atoms with E-state index in [1.807, 2.05) is 36.5 Å². The van der Waals surface area contributed by atoms with Crippen molar-refractivity contribution in [1.29, 1.82) is 0 Å². The fraction of sp³-hybridized carbons (Fsp3) is 0. The summed E-state index contributed by atoms with van der Waals surface area (Å²) in [7, 11) is 0. The number of aromatic nitrogens is 5. The first-order valence-electron chi connectivity index (χ1n) is 18.0. The molecule has 0 fully saturated rings. The number of furan rings is 1. The summed E-state index contributed by atoms with van der Waals surface area (Å²) >= 11 is 0. The fourth-order valence-corrected chi connectivity index (χ4v) is 7.66. The van der Waals surface area contributed by atoms with E-state index in [1.54, 1.807) is 6.20 Å². The molecule has 11 rings (SSSR count). The number of pyridine rings is 2. The molecule has 0 amide bonds. The van der Waals surface area contributed by atoms with Crippen LogP contribution in [-0.2, 0) is 0 Å². The first-order valence-corrected chi connectivity index (χ1v) is 18.0. The number of nitrogens with zero attached hydrogens (tertiary/aromatic N) is 5. The number of benzene rings is 6. The second kappa shape index (κ2) is 12.1. The standard InChI is InChI=1S/C48H29N5O/c1-2-10-32(11-3-1)47-50-41(31-21-19-30(20-22-31)36-14-9-25-49-29-36)28-42(51-47)35-13-8-12-33(26-35)34-23-24-44-39(27-34)45-46(54-44)37-15-4-5-16-38(37)48-52-40-17-6-7-18-43(40)53(45)48/h1-29H. The second-order valence-corrected chi connectivity index (χ2v) is 13.5. The van der Waals surface area contributed by atoms with Gasteiger partial charge in [0.15, 0.2) is 11.4 Å². The highest BCUT2D eigenvalue weighted by Crippen LogP contribution is 2.40. The molecule has 6 heteroatoms. The number of hydrogen-bond acceptors (Lipinski definition) is 5. The predicted octanol–water partition coefficient (Wildman–Crippen LogP) is 12.1. The van der Waals surface area contributed by atoms with Crippen LogP contribution in [-0.4, -0.2) is 24.3 Å². The molecule has 0 saturated carbocycles. The Bertz CT molecular complexity index is 3200. The lowest BCUT2D eigenvalue weighted by Crippen LogP contribution is -1.96. The van der Waals surface area contributed by atoms with Crippen LogP contribution in [0.2, 0.25) is 0 Å². The summed E-state index contributed by atoms with van der Waals surface area (Å²) < 4.78 is 8.91. The van der Waals surface area contributed by atoms with Crippen LogP contribution in [0.15, 0.2) is 181 Å². The first kappa shape index (κ1) is 30.2. The van der Waals surface area contributed by atoms with E-state index >= 15 is 0 Å². The molecule has 5 aromatic heterocycles. The molecule has 0 bridgehead atoms. The van der Waals surface area contributed by atoms with Gasteiger partial charge in [-0.1, -0.05) is 121 Å². The van der Waals surface area contributed by atoms with Crippen LogP contribution < -0.4 is 0 Å². The third-order valence-corrected chi connectivity index (χ3v) is 10.3. The Morgan fingerprint density at radius 1 is 0.444 bits per heavy atom. The van der Waals surface area contributed by atoms with Gasteiger partial charge in [0, 0.05) is 45.2 Å². The minimum Gasteiger partial charge on any atom is -0.454 e. The quantitative estimate of drug-likeness (QED) is 0.180. The van der Waals surface area contributed by atoms with Crippen LogP contribution in [0, 0.1) is 0 Å². The summed E-state index contributed by atoms with van der Waals surface area (Å²) in [6.07, 6.45) is 3.67. The summed E-state index contributed by atoms with van der Waals surface area (Å²) in [4.78, 5) is 19.6. The largest absolute Gasteiger partial charge is 0.454 e. The van der Waals surface area contributed by atoms with Crippen molar-refractivity contribution in [3.63, 3.8) is 0 Å². The van der Waals surface area contributed by atoms with E-state index in [9.17, 15) is 0 Å². The average Bonchev–Trinajstić information content (AvgIpc) is 3.83. The van der Waals surface area contributed by atoms with Crippen LogP contribution >= 0.6 is 0 Å². The van der Waals surface area contributed by atoms with E-state index in [0.717, 1.165) is 99.9 Å². The Hall–Kier alpha value is -7.44. The molecule has 0 spiro atoms. The number of hydrogen-bond donors (Lipinski definition) is 0. The third-order valence-electron chi connectivity index (χ3n) is 10.3. The van der Waals surface area contributed by atoms with E-state index in [4.69, 9.17) is 19.4 Å². The number of imidazole rings is 1. The van der Waals surface area contributed by atoms with Crippen LogP contribution in [0.4, 0.5) is 0 Å². The molecule has 0 atom stereocenters.